The first-order chi connectivity index (χ1) is 11.6. The minimum Gasteiger partial charge on any atom is -0.478 e. The van der Waals surface area contributed by atoms with Crippen molar-refractivity contribution in [1.29, 1.82) is 0 Å². The number of benzene rings is 2. The molecule has 2 aromatic carbocycles. The third-order valence-electron chi connectivity index (χ3n) is 4.13. The van der Waals surface area contributed by atoms with E-state index in [1.807, 2.05) is 29.8 Å². The van der Waals surface area contributed by atoms with E-state index in [2.05, 4.69) is 33.1 Å². The van der Waals surface area contributed by atoms with E-state index in [9.17, 15) is 4.79 Å². The molecule has 4 aromatic rings. The van der Waals surface area contributed by atoms with Crippen LogP contribution in [0.1, 0.15) is 10.4 Å². The fourth-order valence-electron chi connectivity index (χ4n) is 2.90. The first-order valence-electron chi connectivity index (χ1n) is 7.41. The summed E-state index contributed by atoms with van der Waals surface area (Å²) in [6, 6.07) is 13.1. The summed E-state index contributed by atoms with van der Waals surface area (Å²) in [6.07, 6.45) is 5.37. The van der Waals surface area contributed by atoms with Gasteiger partial charge in [-0.25, -0.2) is 4.79 Å². The van der Waals surface area contributed by atoms with Crippen molar-refractivity contribution >= 4 is 16.9 Å². The Balaban J connectivity index is 1.88. The smallest absolute Gasteiger partial charge is 0.335 e. The summed E-state index contributed by atoms with van der Waals surface area (Å²) in [5, 5.41) is 17.8. The average molecular weight is 318 g/mol. The highest BCUT2D eigenvalue weighted by atomic mass is 16.4. The number of hydrogen-bond donors (Lipinski definition) is 1. The zero-order chi connectivity index (χ0) is 16.7. The van der Waals surface area contributed by atoms with E-state index in [0.717, 1.165) is 27.7 Å². The maximum atomic E-state index is 11.0. The van der Waals surface area contributed by atoms with Gasteiger partial charge in [0.15, 0.2) is 0 Å². The maximum Gasteiger partial charge on any atom is 0.335 e. The molecule has 0 atom stereocenters. The SMILES string of the molecule is Cn1cc(-c2ccc(C(=O)O)cc2)c2cc(-n3cnnc3)ccc21. The normalized spacial score (nSPS) is 11.0. The van der Waals surface area contributed by atoms with Gasteiger partial charge in [-0.1, -0.05) is 12.1 Å². The van der Waals surface area contributed by atoms with Gasteiger partial charge >= 0.3 is 5.97 Å². The van der Waals surface area contributed by atoms with Gasteiger partial charge in [0.25, 0.3) is 0 Å². The summed E-state index contributed by atoms with van der Waals surface area (Å²) in [7, 11) is 2.00. The van der Waals surface area contributed by atoms with Crippen LogP contribution >= 0.6 is 0 Å². The topological polar surface area (TPSA) is 72.9 Å². The van der Waals surface area contributed by atoms with Gasteiger partial charge in [-0.05, 0) is 35.9 Å². The number of nitrogens with zero attached hydrogens (tertiary/aromatic N) is 4. The number of carboxylic acids is 1. The predicted molar refractivity (Wildman–Crippen MR) is 90.2 cm³/mol. The van der Waals surface area contributed by atoms with Crippen molar-refractivity contribution in [2.75, 3.05) is 0 Å². The van der Waals surface area contributed by atoms with E-state index < -0.39 is 5.97 Å². The average Bonchev–Trinajstić information content (AvgIpc) is 3.23. The van der Waals surface area contributed by atoms with E-state index in [-0.39, 0.29) is 5.56 Å². The Morgan fingerprint density at radius 2 is 1.75 bits per heavy atom. The molecule has 0 spiro atoms. The predicted octanol–water partition coefficient (Wildman–Crippen LogP) is 3.12. The molecular formula is C18H14N4O2. The van der Waals surface area contributed by atoms with Gasteiger partial charge < -0.3 is 9.67 Å². The zero-order valence-corrected chi connectivity index (χ0v) is 12.9. The van der Waals surface area contributed by atoms with E-state index in [0.29, 0.717) is 0 Å². The molecule has 0 aliphatic rings. The summed E-state index contributed by atoms with van der Waals surface area (Å²) < 4.78 is 3.91. The Morgan fingerprint density at radius 3 is 2.42 bits per heavy atom. The van der Waals surface area contributed by atoms with E-state index in [1.165, 1.54) is 0 Å². The second-order valence-electron chi connectivity index (χ2n) is 5.61. The van der Waals surface area contributed by atoms with Gasteiger partial charge in [0.05, 0.1) is 5.56 Å². The van der Waals surface area contributed by atoms with Crippen LogP contribution in [0.25, 0.3) is 27.7 Å². The van der Waals surface area contributed by atoms with E-state index >= 15 is 0 Å². The van der Waals surface area contributed by atoms with Gasteiger partial charge in [0, 0.05) is 35.4 Å². The largest absolute Gasteiger partial charge is 0.478 e. The first-order valence-corrected chi connectivity index (χ1v) is 7.41. The molecule has 24 heavy (non-hydrogen) atoms. The summed E-state index contributed by atoms with van der Waals surface area (Å²) in [5.74, 6) is -0.922. The highest BCUT2D eigenvalue weighted by Crippen LogP contribution is 2.31. The number of carboxylic acid groups (broad SMARTS) is 1. The van der Waals surface area contributed by atoms with Gasteiger partial charge in [0.2, 0.25) is 0 Å². The van der Waals surface area contributed by atoms with E-state index in [4.69, 9.17) is 5.11 Å². The minimum absolute atomic E-state index is 0.282. The number of aromatic nitrogens is 4. The van der Waals surface area contributed by atoms with Crippen molar-refractivity contribution in [3.05, 3.63) is 66.9 Å². The van der Waals surface area contributed by atoms with Crippen LogP contribution in [0.15, 0.2) is 61.3 Å². The van der Waals surface area contributed by atoms with Crippen molar-refractivity contribution < 1.29 is 9.90 Å². The Morgan fingerprint density at radius 1 is 1.04 bits per heavy atom. The molecule has 0 saturated heterocycles. The van der Waals surface area contributed by atoms with Crippen molar-refractivity contribution in [3.8, 4) is 16.8 Å². The second kappa shape index (κ2) is 5.34. The number of aryl methyl sites for hydroxylation is 1. The molecule has 0 saturated carbocycles. The minimum atomic E-state index is -0.922. The molecule has 2 heterocycles. The molecule has 1 N–H and O–H groups in total. The van der Waals surface area contributed by atoms with Gasteiger partial charge in [0.1, 0.15) is 12.7 Å². The fourth-order valence-corrected chi connectivity index (χ4v) is 2.90. The summed E-state index contributed by atoms with van der Waals surface area (Å²) >= 11 is 0. The van der Waals surface area contributed by atoms with E-state index in [1.54, 1.807) is 24.8 Å². The molecule has 118 valence electrons. The Bertz CT molecular complexity index is 1030. The van der Waals surface area contributed by atoms with Crippen LogP contribution in [-0.2, 0) is 7.05 Å². The molecule has 0 unspecified atom stereocenters. The van der Waals surface area contributed by atoms with Crippen LogP contribution in [0.4, 0.5) is 0 Å². The van der Waals surface area contributed by atoms with Crippen LogP contribution in [0.2, 0.25) is 0 Å². The molecule has 0 aliphatic heterocycles. The van der Waals surface area contributed by atoms with Gasteiger partial charge in [-0.3, -0.25) is 4.57 Å². The van der Waals surface area contributed by atoms with Crippen molar-refractivity contribution in [2.45, 2.75) is 0 Å². The van der Waals surface area contributed by atoms with Crippen molar-refractivity contribution in [1.82, 2.24) is 19.3 Å². The monoisotopic (exact) mass is 318 g/mol. The Kier molecular flexibility index (Phi) is 3.16. The molecule has 6 heteroatoms. The van der Waals surface area contributed by atoms with Crippen LogP contribution in [0.5, 0.6) is 0 Å². The van der Waals surface area contributed by atoms with Crippen molar-refractivity contribution in [2.24, 2.45) is 7.05 Å². The number of rotatable bonds is 3. The molecule has 0 aliphatic carbocycles. The van der Waals surface area contributed by atoms with Crippen LogP contribution < -0.4 is 0 Å². The Labute approximate surface area is 137 Å². The summed E-state index contributed by atoms with van der Waals surface area (Å²) in [6.45, 7) is 0. The lowest BCUT2D eigenvalue weighted by atomic mass is 10.0. The second-order valence-corrected chi connectivity index (χ2v) is 5.61. The highest BCUT2D eigenvalue weighted by Gasteiger charge is 2.11. The molecule has 4 rings (SSSR count). The lowest BCUT2D eigenvalue weighted by molar-refractivity contribution is 0.0697. The molecule has 6 nitrogen and oxygen atoms in total. The first kappa shape index (κ1) is 14.2. The van der Waals surface area contributed by atoms with Gasteiger partial charge in [-0.15, -0.1) is 10.2 Å². The standard InChI is InChI=1S/C18H14N4O2/c1-21-9-16(12-2-4-13(5-3-12)18(23)24)15-8-14(6-7-17(15)21)22-10-19-20-11-22/h2-11H,1H3,(H,23,24). The van der Waals surface area contributed by atoms with Crippen LogP contribution in [-0.4, -0.2) is 30.4 Å². The molecular weight excluding hydrogens is 304 g/mol. The maximum absolute atomic E-state index is 11.0. The third-order valence-corrected chi connectivity index (χ3v) is 4.13. The van der Waals surface area contributed by atoms with Gasteiger partial charge in [-0.2, -0.15) is 0 Å². The highest BCUT2D eigenvalue weighted by molar-refractivity contribution is 5.98. The third kappa shape index (κ3) is 2.25. The van der Waals surface area contributed by atoms with Crippen molar-refractivity contribution in [3.63, 3.8) is 0 Å². The lowest BCUT2D eigenvalue weighted by Gasteiger charge is -2.04. The fraction of sp³-hybridized carbons (Fsp3) is 0.0556. The lowest BCUT2D eigenvalue weighted by Crippen LogP contribution is -1.94. The number of carbonyl (C=O) groups is 1. The number of fused-ring (bicyclic) bond motifs is 1. The number of aromatic carboxylic acids is 1. The molecule has 0 radical (unpaired) electrons. The zero-order valence-electron chi connectivity index (χ0n) is 12.9. The quantitative estimate of drug-likeness (QED) is 0.630. The molecule has 0 fully saturated rings. The molecule has 2 aromatic heterocycles. The Hall–Kier alpha value is -3.41. The molecule has 0 bridgehead atoms. The number of hydrogen-bond acceptors (Lipinski definition) is 3. The summed E-state index contributed by atoms with van der Waals surface area (Å²) in [5.41, 5.74) is 4.39. The summed E-state index contributed by atoms with van der Waals surface area (Å²) in [4.78, 5) is 11.0. The van der Waals surface area contributed by atoms with Crippen LogP contribution in [0.3, 0.4) is 0 Å². The van der Waals surface area contributed by atoms with Crippen LogP contribution in [0, 0.1) is 0 Å². The molecule has 0 amide bonds.